The highest BCUT2D eigenvalue weighted by atomic mass is 35.5. The summed E-state index contributed by atoms with van der Waals surface area (Å²) in [6.07, 6.45) is 0. The van der Waals surface area contributed by atoms with E-state index in [9.17, 15) is 4.79 Å². The van der Waals surface area contributed by atoms with E-state index in [1.165, 1.54) is 0 Å². The van der Waals surface area contributed by atoms with Gasteiger partial charge in [0.2, 0.25) is 5.89 Å². The fourth-order valence-corrected chi connectivity index (χ4v) is 3.02. The quantitative estimate of drug-likeness (QED) is 0.488. The van der Waals surface area contributed by atoms with Crippen LogP contribution >= 0.6 is 11.6 Å². The maximum absolute atomic E-state index is 12.2. The van der Waals surface area contributed by atoms with Crippen LogP contribution in [0.25, 0.3) is 22.6 Å². The zero-order chi connectivity index (χ0) is 19.5. The van der Waals surface area contributed by atoms with Crippen LogP contribution in [0.4, 0.5) is 5.69 Å². The first-order valence-electron chi connectivity index (χ1n) is 8.73. The largest absolute Gasteiger partial charge is 0.484 e. The number of oxazole rings is 1. The topological polar surface area (TPSA) is 64.4 Å². The molecular weight excluding hydrogens is 376 g/mol. The Hall–Kier alpha value is -3.31. The van der Waals surface area contributed by atoms with Gasteiger partial charge in [0, 0.05) is 5.69 Å². The summed E-state index contributed by atoms with van der Waals surface area (Å²) < 4.78 is 11.3. The first kappa shape index (κ1) is 18.1. The molecule has 5 nitrogen and oxygen atoms in total. The second-order valence-electron chi connectivity index (χ2n) is 6.33. The van der Waals surface area contributed by atoms with Crippen LogP contribution in [0.15, 0.2) is 71.1 Å². The molecule has 4 rings (SSSR count). The van der Waals surface area contributed by atoms with Gasteiger partial charge in [-0.15, -0.1) is 0 Å². The Kier molecular flexibility index (Phi) is 5.00. The smallest absolute Gasteiger partial charge is 0.262 e. The van der Waals surface area contributed by atoms with Crippen LogP contribution < -0.4 is 10.1 Å². The molecule has 1 aromatic heterocycles. The maximum atomic E-state index is 12.2. The van der Waals surface area contributed by atoms with Gasteiger partial charge in [-0.3, -0.25) is 4.79 Å². The minimum atomic E-state index is -0.254. The number of amides is 1. The van der Waals surface area contributed by atoms with Crippen LogP contribution in [0.3, 0.4) is 0 Å². The van der Waals surface area contributed by atoms with Crippen LogP contribution in [0, 0.1) is 6.92 Å². The van der Waals surface area contributed by atoms with Gasteiger partial charge < -0.3 is 14.5 Å². The first-order valence-corrected chi connectivity index (χ1v) is 9.11. The van der Waals surface area contributed by atoms with E-state index >= 15 is 0 Å². The number of hydrogen-bond donors (Lipinski definition) is 1. The lowest BCUT2D eigenvalue weighted by Gasteiger charge is -2.08. The molecule has 140 valence electrons. The van der Waals surface area contributed by atoms with E-state index in [1.54, 1.807) is 24.3 Å². The molecule has 0 aliphatic rings. The molecule has 0 bridgehead atoms. The Balaban J connectivity index is 1.47. The maximum Gasteiger partial charge on any atom is 0.262 e. The molecule has 0 saturated carbocycles. The average molecular weight is 393 g/mol. The highest BCUT2D eigenvalue weighted by Gasteiger charge is 2.12. The molecule has 0 saturated heterocycles. The normalized spacial score (nSPS) is 10.8. The molecule has 0 aliphatic carbocycles. The number of fused-ring (bicyclic) bond motifs is 1. The summed E-state index contributed by atoms with van der Waals surface area (Å²) >= 11 is 6.21. The average Bonchev–Trinajstić information content (AvgIpc) is 3.10. The Morgan fingerprint density at radius 3 is 2.79 bits per heavy atom. The summed E-state index contributed by atoms with van der Waals surface area (Å²) in [6.45, 7) is 1.89. The van der Waals surface area contributed by atoms with Crippen molar-refractivity contribution in [2.45, 2.75) is 6.92 Å². The Morgan fingerprint density at radius 2 is 1.96 bits per heavy atom. The fourth-order valence-electron chi connectivity index (χ4n) is 2.81. The number of halogens is 1. The molecule has 0 radical (unpaired) electrons. The number of benzene rings is 3. The van der Waals surface area contributed by atoms with Crippen molar-refractivity contribution in [3.8, 4) is 17.2 Å². The van der Waals surface area contributed by atoms with Gasteiger partial charge in [-0.1, -0.05) is 35.9 Å². The predicted octanol–water partition coefficient (Wildman–Crippen LogP) is 5.47. The van der Waals surface area contributed by atoms with Gasteiger partial charge in [-0.05, 0) is 55.0 Å². The third-order valence-electron chi connectivity index (χ3n) is 4.14. The summed E-state index contributed by atoms with van der Waals surface area (Å²) in [4.78, 5) is 16.7. The molecule has 6 heteroatoms. The molecule has 0 fully saturated rings. The van der Waals surface area contributed by atoms with Gasteiger partial charge in [-0.2, -0.15) is 0 Å². The Morgan fingerprint density at radius 1 is 1.11 bits per heavy atom. The lowest BCUT2D eigenvalue weighted by Crippen LogP contribution is -2.20. The van der Waals surface area contributed by atoms with Crippen molar-refractivity contribution in [3.05, 3.63) is 77.3 Å². The number of nitrogens with one attached hydrogen (secondary N) is 1. The number of aryl methyl sites for hydroxylation is 1. The van der Waals surface area contributed by atoms with Gasteiger partial charge in [0.15, 0.2) is 12.2 Å². The van der Waals surface area contributed by atoms with Crippen molar-refractivity contribution < 1.29 is 13.9 Å². The Bertz CT molecular complexity index is 1150. The second kappa shape index (κ2) is 7.74. The number of anilines is 1. The van der Waals surface area contributed by atoms with Gasteiger partial charge in [0.05, 0.1) is 10.6 Å². The minimum absolute atomic E-state index is 0.0782. The molecule has 1 heterocycles. The summed E-state index contributed by atoms with van der Waals surface area (Å²) in [5, 5.41) is 3.37. The molecule has 28 heavy (non-hydrogen) atoms. The van der Waals surface area contributed by atoms with Crippen molar-refractivity contribution in [1.82, 2.24) is 4.98 Å². The van der Waals surface area contributed by atoms with Crippen molar-refractivity contribution in [2.24, 2.45) is 0 Å². The molecule has 1 N–H and O–H groups in total. The van der Waals surface area contributed by atoms with E-state index in [0.717, 1.165) is 11.1 Å². The van der Waals surface area contributed by atoms with Crippen LogP contribution in [-0.2, 0) is 4.79 Å². The number of aromatic nitrogens is 1. The van der Waals surface area contributed by atoms with E-state index in [0.29, 0.717) is 33.4 Å². The SMILES string of the molecule is Cc1cccc(OCC(=O)Nc2ccc3oc(-c4ccccc4Cl)nc3c2)c1. The van der Waals surface area contributed by atoms with Crippen LogP contribution in [0.5, 0.6) is 5.75 Å². The van der Waals surface area contributed by atoms with Crippen molar-refractivity contribution in [3.63, 3.8) is 0 Å². The number of hydrogen-bond acceptors (Lipinski definition) is 4. The third kappa shape index (κ3) is 4.00. The van der Waals surface area contributed by atoms with E-state index in [1.807, 2.05) is 49.4 Å². The van der Waals surface area contributed by atoms with Crippen molar-refractivity contribution in [2.75, 3.05) is 11.9 Å². The lowest BCUT2D eigenvalue weighted by molar-refractivity contribution is -0.118. The van der Waals surface area contributed by atoms with E-state index < -0.39 is 0 Å². The highest BCUT2D eigenvalue weighted by Crippen LogP contribution is 2.30. The zero-order valence-corrected chi connectivity index (χ0v) is 15.9. The molecule has 3 aromatic carbocycles. The summed E-state index contributed by atoms with van der Waals surface area (Å²) in [5.74, 6) is 0.842. The Labute approximate surface area is 166 Å². The molecule has 0 atom stereocenters. The molecular formula is C22H17ClN2O3. The van der Waals surface area contributed by atoms with Crippen LogP contribution in [0.1, 0.15) is 5.56 Å². The number of ether oxygens (including phenoxy) is 1. The molecule has 0 unspecified atom stereocenters. The van der Waals surface area contributed by atoms with Gasteiger partial charge in [0.1, 0.15) is 11.3 Å². The standard InChI is InChI=1S/C22H17ClN2O3/c1-14-5-4-6-16(11-14)27-13-21(26)24-15-9-10-20-19(12-15)25-22(28-20)17-7-2-3-8-18(17)23/h2-12H,13H2,1H3,(H,24,26). The number of carbonyl (C=O) groups is 1. The predicted molar refractivity (Wildman–Crippen MR) is 110 cm³/mol. The van der Waals surface area contributed by atoms with Crippen molar-refractivity contribution >= 4 is 34.3 Å². The van der Waals surface area contributed by atoms with Gasteiger partial charge >= 0.3 is 0 Å². The van der Waals surface area contributed by atoms with Crippen LogP contribution in [-0.4, -0.2) is 17.5 Å². The fraction of sp³-hybridized carbons (Fsp3) is 0.0909. The second-order valence-corrected chi connectivity index (χ2v) is 6.74. The van der Waals surface area contributed by atoms with Gasteiger partial charge in [-0.25, -0.2) is 4.98 Å². The highest BCUT2D eigenvalue weighted by molar-refractivity contribution is 6.33. The number of rotatable bonds is 5. The number of carbonyl (C=O) groups excluding carboxylic acids is 1. The number of nitrogens with zero attached hydrogens (tertiary/aromatic N) is 1. The van der Waals surface area contributed by atoms with Gasteiger partial charge in [0.25, 0.3) is 5.91 Å². The van der Waals surface area contributed by atoms with Crippen molar-refractivity contribution in [1.29, 1.82) is 0 Å². The van der Waals surface area contributed by atoms with Crippen LogP contribution in [0.2, 0.25) is 5.02 Å². The summed E-state index contributed by atoms with van der Waals surface area (Å²) in [6, 6.07) is 20.2. The zero-order valence-electron chi connectivity index (χ0n) is 15.1. The molecule has 0 spiro atoms. The summed E-state index contributed by atoms with van der Waals surface area (Å²) in [7, 11) is 0. The van der Waals surface area contributed by atoms with E-state index in [-0.39, 0.29) is 12.5 Å². The lowest BCUT2D eigenvalue weighted by atomic mass is 10.2. The van der Waals surface area contributed by atoms with E-state index in [4.69, 9.17) is 20.8 Å². The summed E-state index contributed by atoms with van der Waals surface area (Å²) in [5.41, 5.74) is 3.65. The molecule has 0 aliphatic heterocycles. The monoisotopic (exact) mass is 392 g/mol. The first-order chi connectivity index (χ1) is 13.6. The molecule has 4 aromatic rings. The van der Waals surface area contributed by atoms with E-state index in [2.05, 4.69) is 10.3 Å². The minimum Gasteiger partial charge on any atom is -0.484 e. The third-order valence-corrected chi connectivity index (χ3v) is 4.46. The molecule has 1 amide bonds.